The molecule has 33 heavy (non-hydrogen) atoms. The summed E-state index contributed by atoms with van der Waals surface area (Å²) in [6, 6.07) is 15.7. The van der Waals surface area contributed by atoms with E-state index in [1.165, 1.54) is 34.0 Å². The van der Waals surface area contributed by atoms with E-state index in [9.17, 15) is 16.8 Å². The summed E-state index contributed by atoms with van der Waals surface area (Å²) >= 11 is 7.51. The van der Waals surface area contributed by atoms with Gasteiger partial charge >= 0.3 is 0 Å². The first-order valence-electron chi connectivity index (χ1n) is 9.74. The Balaban J connectivity index is 1.59. The molecule has 6 rings (SSSR count). The number of fused-ring (bicyclic) bond motifs is 1. The standard InChI is InChI=1S/C22H14O4S7/c23-32(24)11-12-33(25,26)22-20(18-8-6-16(30-18)14-4-2-10-28-14)31-19(21(22)32)17-7-5-15(29-17)13-3-1-9-27-13/h1-10H,11-12H2. The maximum atomic E-state index is 13.2. The minimum absolute atomic E-state index is 0.0144. The van der Waals surface area contributed by atoms with Gasteiger partial charge in [0.25, 0.3) is 0 Å². The summed E-state index contributed by atoms with van der Waals surface area (Å²) in [4.78, 5) is 6.87. The number of thiophene rings is 5. The van der Waals surface area contributed by atoms with Crippen LogP contribution in [0.2, 0.25) is 0 Å². The third kappa shape index (κ3) is 3.70. The molecule has 4 nitrogen and oxygen atoms in total. The van der Waals surface area contributed by atoms with Gasteiger partial charge in [0.2, 0.25) is 0 Å². The van der Waals surface area contributed by atoms with Crippen molar-refractivity contribution in [1.82, 2.24) is 0 Å². The van der Waals surface area contributed by atoms with Gasteiger partial charge < -0.3 is 0 Å². The van der Waals surface area contributed by atoms with Crippen molar-refractivity contribution in [2.75, 3.05) is 11.5 Å². The predicted molar refractivity (Wildman–Crippen MR) is 142 cm³/mol. The van der Waals surface area contributed by atoms with Crippen molar-refractivity contribution in [1.29, 1.82) is 0 Å². The molecule has 168 valence electrons. The molecule has 0 bridgehead atoms. The quantitative estimate of drug-likeness (QED) is 0.230. The highest BCUT2D eigenvalue weighted by Crippen LogP contribution is 2.53. The molecule has 11 heteroatoms. The van der Waals surface area contributed by atoms with Crippen molar-refractivity contribution < 1.29 is 16.8 Å². The summed E-state index contributed by atoms with van der Waals surface area (Å²) in [7, 11) is -7.43. The Morgan fingerprint density at radius 3 is 1.33 bits per heavy atom. The van der Waals surface area contributed by atoms with Crippen LogP contribution in [0.4, 0.5) is 0 Å². The van der Waals surface area contributed by atoms with E-state index in [1.807, 2.05) is 59.3 Å². The van der Waals surface area contributed by atoms with Gasteiger partial charge in [-0.25, -0.2) is 16.8 Å². The lowest BCUT2D eigenvalue weighted by molar-refractivity contribution is 0.577. The Morgan fingerprint density at radius 2 is 0.939 bits per heavy atom. The van der Waals surface area contributed by atoms with Crippen LogP contribution in [-0.4, -0.2) is 28.3 Å². The summed E-state index contributed by atoms with van der Waals surface area (Å²) in [5.41, 5.74) is 0. The molecule has 1 aliphatic rings. The van der Waals surface area contributed by atoms with Gasteiger partial charge in [-0.2, -0.15) is 0 Å². The molecule has 0 radical (unpaired) electrons. The molecule has 0 unspecified atom stereocenters. The Hall–Kier alpha value is -1.60. The van der Waals surface area contributed by atoms with Gasteiger partial charge in [0.1, 0.15) is 9.79 Å². The molecule has 1 aliphatic heterocycles. The Kier molecular flexibility index (Phi) is 5.29. The van der Waals surface area contributed by atoms with E-state index in [0.29, 0.717) is 9.75 Å². The Labute approximate surface area is 211 Å². The van der Waals surface area contributed by atoms with E-state index in [0.717, 1.165) is 29.3 Å². The Bertz CT molecular complexity index is 1550. The highest BCUT2D eigenvalue weighted by atomic mass is 32.2. The lowest BCUT2D eigenvalue weighted by atomic mass is 10.3. The molecule has 0 aliphatic carbocycles. The lowest BCUT2D eigenvalue weighted by Gasteiger charge is -2.15. The van der Waals surface area contributed by atoms with Gasteiger partial charge in [0.15, 0.2) is 19.7 Å². The van der Waals surface area contributed by atoms with Crippen molar-refractivity contribution >= 4 is 76.4 Å². The minimum atomic E-state index is -3.71. The van der Waals surface area contributed by atoms with Crippen molar-refractivity contribution in [2.45, 2.75) is 9.79 Å². The zero-order valence-corrected chi connectivity index (χ0v) is 22.4. The van der Waals surface area contributed by atoms with Gasteiger partial charge in [-0.15, -0.1) is 56.7 Å². The molecule has 6 heterocycles. The van der Waals surface area contributed by atoms with E-state index in [2.05, 4.69) is 0 Å². The predicted octanol–water partition coefficient (Wildman–Crippen LogP) is 7.22. The monoisotopic (exact) mass is 566 g/mol. The van der Waals surface area contributed by atoms with Crippen LogP contribution in [0.25, 0.3) is 39.0 Å². The van der Waals surface area contributed by atoms with Crippen LogP contribution in [-0.2, 0) is 19.7 Å². The van der Waals surface area contributed by atoms with E-state index in [-0.39, 0.29) is 21.3 Å². The number of hydrogen-bond donors (Lipinski definition) is 0. The molecule has 0 amide bonds. The maximum Gasteiger partial charge on any atom is 0.182 e. The normalized spacial score (nSPS) is 16.6. The van der Waals surface area contributed by atoms with E-state index < -0.39 is 19.7 Å². The molecule has 0 aromatic carbocycles. The summed E-state index contributed by atoms with van der Waals surface area (Å²) in [6.07, 6.45) is 0. The van der Waals surface area contributed by atoms with Crippen LogP contribution >= 0.6 is 56.7 Å². The van der Waals surface area contributed by atoms with Crippen LogP contribution in [0.1, 0.15) is 0 Å². The largest absolute Gasteiger partial charge is 0.224 e. The molecule has 0 N–H and O–H groups in total. The molecule has 0 fully saturated rings. The zero-order chi connectivity index (χ0) is 22.8. The fourth-order valence-electron chi connectivity index (χ4n) is 3.74. The van der Waals surface area contributed by atoms with Crippen LogP contribution < -0.4 is 0 Å². The van der Waals surface area contributed by atoms with E-state index in [1.54, 1.807) is 22.7 Å². The van der Waals surface area contributed by atoms with Gasteiger partial charge in [-0.3, -0.25) is 0 Å². The third-order valence-corrected chi connectivity index (χ3v) is 15.3. The van der Waals surface area contributed by atoms with Crippen molar-refractivity contribution in [3.8, 4) is 39.0 Å². The Morgan fingerprint density at radius 1 is 0.515 bits per heavy atom. The lowest BCUT2D eigenvalue weighted by Crippen LogP contribution is -2.25. The van der Waals surface area contributed by atoms with Gasteiger partial charge in [0, 0.05) is 29.3 Å². The van der Waals surface area contributed by atoms with Crippen LogP contribution in [0.3, 0.4) is 0 Å². The summed E-state index contributed by atoms with van der Waals surface area (Å²) in [5, 5.41) is 4.00. The average Bonchev–Trinajstić information content (AvgIpc) is 3.60. The van der Waals surface area contributed by atoms with Crippen LogP contribution in [0, 0.1) is 0 Å². The van der Waals surface area contributed by atoms with Crippen molar-refractivity contribution in [2.24, 2.45) is 0 Å². The number of rotatable bonds is 4. The van der Waals surface area contributed by atoms with Crippen LogP contribution in [0.5, 0.6) is 0 Å². The SMILES string of the molecule is O=S1(=O)CCS(=O)(=O)c2c(-c3ccc(-c4cccs4)s3)sc(-c3ccc(-c4cccs4)s3)c21. The first-order chi connectivity index (χ1) is 15.8. The smallest absolute Gasteiger partial charge is 0.182 e. The van der Waals surface area contributed by atoms with E-state index >= 15 is 0 Å². The highest BCUT2D eigenvalue weighted by molar-refractivity contribution is 7.98. The summed E-state index contributed by atoms with van der Waals surface area (Å²) < 4.78 is 52.7. The molecule has 0 saturated carbocycles. The fourth-order valence-corrected chi connectivity index (χ4v) is 14.5. The fraction of sp³-hybridized carbons (Fsp3) is 0.0909. The van der Waals surface area contributed by atoms with E-state index in [4.69, 9.17) is 0 Å². The molecule has 0 atom stereocenters. The van der Waals surface area contributed by atoms with Gasteiger partial charge in [0.05, 0.1) is 21.3 Å². The molecule has 5 aromatic rings. The first-order valence-corrected chi connectivity index (χ1v) is 17.3. The topological polar surface area (TPSA) is 68.3 Å². The van der Waals surface area contributed by atoms with Crippen LogP contribution in [0.15, 0.2) is 69.1 Å². The summed E-state index contributed by atoms with van der Waals surface area (Å²) in [5.74, 6) is -0.751. The molecular formula is C22H14O4S7. The highest BCUT2D eigenvalue weighted by Gasteiger charge is 2.41. The number of sulfone groups is 2. The minimum Gasteiger partial charge on any atom is -0.224 e. The van der Waals surface area contributed by atoms with Crippen molar-refractivity contribution in [3.05, 3.63) is 59.3 Å². The first kappa shape index (κ1) is 21.9. The molecule has 0 spiro atoms. The van der Waals surface area contributed by atoms with Crippen molar-refractivity contribution in [3.63, 3.8) is 0 Å². The molecular weight excluding hydrogens is 553 g/mol. The second-order valence-corrected chi connectivity index (χ2v) is 16.5. The van der Waals surface area contributed by atoms with Gasteiger partial charge in [-0.05, 0) is 47.2 Å². The second-order valence-electron chi connectivity index (χ2n) is 7.34. The third-order valence-electron chi connectivity index (χ3n) is 5.25. The summed E-state index contributed by atoms with van der Waals surface area (Å²) in [6.45, 7) is 0. The average molecular weight is 567 g/mol. The second kappa shape index (κ2) is 7.98. The zero-order valence-electron chi connectivity index (χ0n) is 16.7. The molecule has 0 saturated heterocycles. The number of hydrogen-bond acceptors (Lipinski definition) is 9. The van der Waals surface area contributed by atoms with Gasteiger partial charge in [-0.1, -0.05) is 12.1 Å². The molecule has 5 aromatic heterocycles. The maximum absolute atomic E-state index is 13.2.